The summed E-state index contributed by atoms with van der Waals surface area (Å²) in [6.45, 7) is 7.13. The van der Waals surface area contributed by atoms with Gasteiger partial charge in [0.25, 0.3) is 0 Å². The molecule has 100 valence electrons. The zero-order valence-corrected chi connectivity index (χ0v) is 13.2. The van der Waals surface area contributed by atoms with Gasteiger partial charge in [0.15, 0.2) is 0 Å². The molecule has 1 aliphatic heterocycles. The highest BCUT2D eigenvalue weighted by Gasteiger charge is 2.31. The summed E-state index contributed by atoms with van der Waals surface area (Å²) in [5, 5.41) is 0.951. The first kappa shape index (κ1) is 13.9. The minimum absolute atomic E-state index is 0.611. The molecule has 0 unspecified atom stereocenters. The minimum atomic E-state index is 0.611. The van der Waals surface area contributed by atoms with Crippen LogP contribution in [0.4, 0.5) is 5.69 Å². The fraction of sp³-hybridized carbons (Fsp3) is 0.625. The Labute approximate surface area is 120 Å². The van der Waals surface area contributed by atoms with E-state index in [1.807, 2.05) is 0 Å². The van der Waals surface area contributed by atoms with E-state index in [9.17, 15) is 0 Å². The number of benzene rings is 1. The van der Waals surface area contributed by atoms with E-state index in [4.69, 9.17) is 0 Å². The first-order valence-corrected chi connectivity index (χ1v) is 8.25. The third-order valence-electron chi connectivity index (χ3n) is 4.80. The molecule has 0 aromatic heterocycles. The molecule has 1 aromatic carbocycles. The van der Waals surface area contributed by atoms with Gasteiger partial charge in [-0.1, -0.05) is 60.8 Å². The molecule has 2 rings (SSSR count). The first-order chi connectivity index (χ1) is 8.74. The van der Waals surface area contributed by atoms with E-state index in [1.54, 1.807) is 0 Å². The second-order valence-corrected chi connectivity index (χ2v) is 6.02. The second kappa shape index (κ2) is 6.10. The van der Waals surface area contributed by atoms with E-state index in [-0.39, 0.29) is 0 Å². The van der Waals surface area contributed by atoms with Crippen molar-refractivity contribution in [3.05, 3.63) is 29.8 Å². The van der Waals surface area contributed by atoms with Gasteiger partial charge in [-0.15, -0.1) is 0 Å². The molecule has 2 heteroatoms. The maximum atomic E-state index is 3.60. The number of piperidine rings is 1. The lowest BCUT2D eigenvalue weighted by Gasteiger charge is -2.42. The summed E-state index contributed by atoms with van der Waals surface area (Å²) < 4.78 is 0. The fourth-order valence-corrected chi connectivity index (χ4v) is 3.59. The molecule has 0 atom stereocenters. The van der Waals surface area contributed by atoms with Crippen LogP contribution in [0.5, 0.6) is 0 Å². The van der Waals surface area contributed by atoms with E-state index >= 15 is 0 Å². The number of para-hydroxylation sites is 1. The lowest BCUT2D eigenvalue weighted by atomic mass is 9.74. The molecule has 0 radical (unpaired) electrons. The average Bonchev–Trinajstić information content (AvgIpc) is 2.47. The monoisotopic (exact) mass is 309 g/mol. The van der Waals surface area contributed by atoms with Gasteiger partial charge in [0.1, 0.15) is 0 Å². The van der Waals surface area contributed by atoms with E-state index in [0.29, 0.717) is 5.41 Å². The smallest absolute Gasteiger partial charge is 0.0407 e. The Morgan fingerprint density at radius 1 is 1.11 bits per heavy atom. The number of hydrogen-bond donors (Lipinski definition) is 0. The Kier molecular flexibility index (Phi) is 4.71. The van der Waals surface area contributed by atoms with Crippen molar-refractivity contribution in [1.82, 2.24) is 0 Å². The fourth-order valence-electron chi connectivity index (χ4n) is 3.11. The third-order valence-corrected chi connectivity index (χ3v) is 5.40. The van der Waals surface area contributed by atoms with Gasteiger partial charge in [0.2, 0.25) is 0 Å². The molecule has 1 saturated heterocycles. The Morgan fingerprint density at radius 2 is 1.72 bits per heavy atom. The van der Waals surface area contributed by atoms with Gasteiger partial charge in [-0.25, -0.2) is 0 Å². The molecular formula is C16H24BrN. The van der Waals surface area contributed by atoms with Crippen molar-refractivity contribution < 1.29 is 0 Å². The number of hydrogen-bond acceptors (Lipinski definition) is 1. The van der Waals surface area contributed by atoms with Crippen molar-refractivity contribution in [1.29, 1.82) is 0 Å². The van der Waals surface area contributed by atoms with Gasteiger partial charge >= 0.3 is 0 Å². The third kappa shape index (κ3) is 2.74. The van der Waals surface area contributed by atoms with Gasteiger partial charge in [-0.05, 0) is 29.9 Å². The number of nitrogens with zero attached hydrogens (tertiary/aromatic N) is 1. The van der Waals surface area contributed by atoms with Gasteiger partial charge in [-0.2, -0.15) is 0 Å². The maximum absolute atomic E-state index is 3.60. The topological polar surface area (TPSA) is 3.24 Å². The Hall–Kier alpha value is -0.500. The molecular weight excluding hydrogens is 286 g/mol. The predicted octanol–water partition coefficient (Wildman–Crippen LogP) is 4.99. The molecule has 1 heterocycles. The number of halogens is 1. The van der Waals surface area contributed by atoms with E-state index in [0.717, 1.165) is 5.33 Å². The van der Waals surface area contributed by atoms with E-state index < -0.39 is 0 Å². The molecule has 0 spiro atoms. The van der Waals surface area contributed by atoms with Crippen LogP contribution in [0.3, 0.4) is 0 Å². The summed E-state index contributed by atoms with van der Waals surface area (Å²) in [5.74, 6) is 0. The highest BCUT2D eigenvalue weighted by molar-refractivity contribution is 9.08. The molecule has 1 aromatic rings. The van der Waals surface area contributed by atoms with E-state index in [1.165, 1.54) is 50.0 Å². The van der Waals surface area contributed by atoms with Gasteiger partial charge in [0, 0.05) is 24.1 Å². The summed E-state index contributed by atoms with van der Waals surface area (Å²) in [7, 11) is 0. The van der Waals surface area contributed by atoms with Crippen LogP contribution in [0.2, 0.25) is 0 Å². The number of rotatable bonds is 4. The first-order valence-electron chi connectivity index (χ1n) is 7.13. The minimum Gasteiger partial charge on any atom is -0.371 e. The number of anilines is 1. The van der Waals surface area contributed by atoms with Crippen molar-refractivity contribution >= 4 is 21.6 Å². The van der Waals surface area contributed by atoms with Crippen LogP contribution in [0, 0.1) is 5.41 Å². The van der Waals surface area contributed by atoms with Crippen LogP contribution in [-0.2, 0) is 5.33 Å². The normalized spacial score (nSPS) is 18.9. The van der Waals surface area contributed by atoms with Gasteiger partial charge in [-0.3, -0.25) is 0 Å². The van der Waals surface area contributed by atoms with Crippen LogP contribution in [-0.4, -0.2) is 13.1 Å². The molecule has 0 saturated carbocycles. The zero-order valence-electron chi connectivity index (χ0n) is 11.6. The Balaban J connectivity index is 2.10. The van der Waals surface area contributed by atoms with Crippen molar-refractivity contribution in [2.45, 2.75) is 44.9 Å². The molecule has 0 bridgehead atoms. The van der Waals surface area contributed by atoms with E-state index in [2.05, 4.69) is 58.9 Å². The van der Waals surface area contributed by atoms with Crippen LogP contribution >= 0.6 is 15.9 Å². The summed E-state index contributed by atoms with van der Waals surface area (Å²) in [6, 6.07) is 8.78. The molecule has 18 heavy (non-hydrogen) atoms. The summed E-state index contributed by atoms with van der Waals surface area (Å²) in [4.78, 5) is 2.57. The van der Waals surface area contributed by atoms with Crippen LogP contribution < -0.4 is 4.90 Å². The summed E-state index contributed by atoms with van der Waals surface area (Å²) in [5.41, 5.74) is 3.45. The highest BCUT2D eigenvalue weighted by Crippen LogP contribution is 2.39. The molecule has 1 aliphatic rings. The average molecular weight is 310 g/mol. The lowest BCUT2D eigenvalue weighted by molar-refractivity contribution is 0.199. The van der Waals surface area contributed by atoms with Crippen molar-refractivity contribution in [2.24, 2.45) is 5.41 Å². The van der Waals surface area contributed by atoms with Crippen molar-refractivity contribution in [3.8, 4) is 0 Å². The summed E-state index contributed by atoms with van der Waals surface area (Å²) in [6.07, 6.45) is 5.35. The van der Waals surface area contributed by atoms with Crippen molar-refractivity contribution in [2.75, 3.05) is 18.0 Å². The Morgan fingerprint density at radius 3 is 2.28 bits per heavy atom. The second-order valence-electron chi connectivity index (χ2n) is 5.46. The SMILES string of the molecule is CCC1(CC)CCN(c2ccccc2CBr)CC1. The zero-order chi connectivity index (χ0) is 13.0. The van der Waals surface area contributed by atoms with Crippen LogP contribution in [0.1, 0.15) is 45.1 Å². The quantitative estimate of drug-likeness (QED) is 0.708. The van der Waals surface area contributed by atoms with Crippen LogP contribution in [0.15, 0.2) is 24.3 Å². The lowest BCUT2D eigenvalue weighted by Crippen LogP contribution is -2.40. The highest BCUT2D eigenvalue weighted by atomic mass is 79.9. The molecule has 0 amide bonds. The molecule has 1 nitrogen and oxygen atoms in total. The standard InChI is InChI=1S/C16H24BrN/c1-3-16(4-2)9-11-18(12-10-16)15-8-6-5-7-14(15)13-17/h5-8H,3-4,9-13H2,1-2H3. The maximum Gasteiger partial charge on any atom is 0.0407 e. The van der Waals surface area contributed by atoms with Gasteiger partial charge < -0.3 is 4.90 Å². The summed E-state index contributed by atoms with van der Waals surface area (Å²) >= 11 is 3.60. The van der Waals surface area contributed by atoms with Crippen LogP contribution in [0.25, 0.3) is 0 Å². The molecule has 1 fully saturated rings. The number of alkyl halides is 1. The van der Waals surface area contributed by atoms with Crippen molar-refractivity contribution in [3.63, 3.8) is 0 Å². The predicted molar refractivity (Wildman–Crippen MR) is 83.5 cm³/mol. The molecule has 0 aliphatic carbocycles. The largest absolute Gasteiger partial charge is 0.371 e. The van der Waals surface area contributed by atoms with Gasteiger partial charge in [0.05, 0.1) is 0 Å². The molecule has 0 N–H and O–H groups in total. The Bertz CT molecular complexity index is 374.